The van der Waals surface area contributed by atoms with Crippen LogP contribution in [0, 0.1) is 0 Å². The molecule has 0 saturated heterocycles. The lowest BCUT2D eigenvalue weighted by Gasteiger charge is -2.33. The first-order chi connectivity index (χ1) is 16.2. The van der Waals surface area contributed by atoms with Gasteiger partial charge < -0.3 is 14.4 Å². The van der Waals surface area contributed by atoms with Gasteiger partial charge in [-0.2, -0.15) is 0 Å². The van der Waals surface area contributed by atoms with E-state index in [1.54, 1.807) is 20.3 Å². The van der Waals surface area contributed by atoms with Gasteiger partial charge in [-0.05, 0) is 47.0 Å². The summed E-state index contributed by atoms with van der Waals surface area (Å²) < 4.78 is 10.7. The predicted molar refractivity (Wildman–Crippen MR) is 131 cm³/mol. The van der Waals surface area contributed by atoms with Gasteiger partial charge in [0.15, 0.2) is 0 Å². The standard InChI is InChI=1S/C29H27NO3/c1-32-26-18-16-22(17-19-26)21-30(29(31)25-14-9-15-27(20-25)33-2)28(23-10-5-3-6-11-23)24-12-7-4-8-13-24/h3-20,28H,21H2,1-2H3. The minimum absolute atomic E-state index is 0.0672. The van der Waals surface area contributed by atoms with E-state index in [9.17, 15) is 4.79 Å². The molecule has 4 rings (SSSR count). The lowest BCUT2D eigenvalue weighted by Crippen LogP contribution is -2.35. The van der Waals surface area contributed by atoms with E-state index in [1.807, 2.05) is 83.8 Å². The molecule has 0 aliphatic heterocycles. The average molecular weight is 438 g/mol. The summed E-state index contributed by atoms with van der Waals surface area (Å²) in [7, 11) is 3.25. The molecule has 4 heteroatoms. The number of methoxy groups -OCH3 is 2. The predicted octanol–water partition coefficient (Wildman–Crippen LogP) is 6.14. The first kappa shape index (κ1) is 22.2. The molecule has 166 valence electrons. The van der Waals surface area contributed by atoms with Crippen LogP contribution in [-0.4, -0.2) is 25.0 Å². The molecule has 0 heterocycles. The van der Waals surface area contributed by atoms with Crippen LogP contribution in [-0.2, 0) is 6.54 Å². The fourth-order valence-corrected chi connectivity index (χ4v) is 3.95. The highest BCUT2D eigenvalue weighted by molar-refractivity contribution is 5.95. The molecule has 0 bridgehead atoms. The third-order valence-electron chi connectivity index (χ3n) is 5.63. The van der Waals surface area contributed by atoms with Crippen LogP contribution in [0.3, 0.4) is 0 Å². The summed E-state index contributed by atoms with van der Waals surface area (Å²) >= 11 is 0. The molecule has 0 N–H and O–H groups in total. The van der Waals surface area contributed by atoms with Crippen LogP contribution in [0.5, 0.6) is 11.5 Å². The zero-order valence-electron chi connectivity index (χ0n) is 18.8. The summed E-state index contributed by atoms with van der Waals surface area (Å²) in [5.41, 5.74) is 3.70. The van der Waals surface area contributed by atoms with Gasteiger partial charge in [-0.15, -0.1) is 0 Å². The molecule has 0 fully saturated rings. The van der Waals surface area contributed by atoms with Crippen molar-refractivity contribution in [1.82, 2.24) is 4.90 Å². The number of carbonyl (C=O) groups excluding carboxylic acids is 1. The maximum atomic E-state index is 14.0. The summed E-state index contributed by atoms with van der Waals surface area (Å²) in [6.45, 7) is 0.439. The quantitative estimate of drug-likeness (QED) is 0.333. The molecule has 4 nitrogen and oxygen atoms in total. The van der Waals surface area contributed by atoms with Gasteiger partial charge >= 0.3 is 0 Å². The van der Waals surface area contributed by atoms with E-state index in [-0.39, 0.29) is 11.9 Å². The molecule has 0 unspecified atom stereocenters. The molecule has 0 atom stereocenters. The SMILES string of the molecule is COc1ccc(CN(C(=O)c2cccc(OC)c2)C(c2ccccc2)c2ccccc2)cc1. The van der Waals surface area contributed by atoms with Crippen molar-refractivity contribution in [3.05, 3.63) is 131 Å². The van der Waals surface area contributed by atoms with Crippen molar-refractivity contribution < 1.29 is 14.3 Å². The highest BCUT2D eigenvalue weighted by Gasteiger charge is 2.28. The van der Waals surface area contributed by atoms with Crippen molar-refractivity contribution in [2.75, 3.05) is 14.2 Å². The number of rotatable bonds is 8. The number of carbonyl (C=O) groups is 1. The second-order valence-corrected chi connectivity index (χ2v) is 7.74. The fourth-order valence-electron chi connectivity index (χ4n) is 3.95. The van der Waals surface area contributed by atoms with Gasteiger partial charge in [0.25, 0.3) is 5.91 Å². The van der Waals surface area contributed by atoms with E-state index >= 15 is 0 Å². The number of hydrogen-bond acceptors (Lipinski definition) is 3. The molecule has 0 saturated carbocycles. The van der Waals surface area contributed by atoms with Gasteiger partial charge in [0.1, 0.15) is 11.5 Å². The van der Waals surface area contributed by atoms with Crippen LogP contribution >= 0.6 is 0 Å². The number of hydrogen-bond donors (Lipinski definition) is 0. The maximum Gasteiger partial charge on any atom is 0.255 e. The summed E-state index contributed by atoms with van der Waals surface area (Å²) in [6.07, 6.45) is 0. The lowest BCUT2D eigenvalue weighted by atomic mass is 9.95. The van der Waals surface area contributed by atoms with Gasteiger partial charge in [-0.25, -0.2) is 0 Å². The molecule has 0 aliphatic carbocycles. The van der Waals surface area contributed by atoms with Crippen LogP contribution in [0.4, 0.5) is 0 Å². The summed E-state index contributed by atoms with van der Waals surface area (Å²) in [5.74, 6) is 1.37. The molecule has 0 radical (unpaired) electrons. The van der Waals surface area contributed by atoms with Crippen LogP contribution in [0.15, 0.2) is 109 Å². The van der Waals surface area contributed by atoms with Crippen molar-refractivity contribution in [3.63, 3.8) is 0 Å². The van der Waals surface area contributed by atoms with Crippen molar-refractivity contribution in [3.8, 4) is 11.5 Å². The zero-order valence-corrected chi connectivity index (χ0v) is 18.8. The van der Waals surface area contributed by atoms with E-state index in [4.69, 9.17) is 9.47 Å². The van der Waals surface area contributed by atoms with Gasteiger partial charge in [0.2, 0.25) is 0 Å². The number of nitrogens with zero attached hydrogens (tertiary/aromatic N) is 1. The molecule has 0 aliphatic rings. The molecule has 0 aromatic heterocycles. The lowest BCUT2D eigenvalue weighted by molar-refractivity contribution is 0.0690. The minimum atomic E-state index is -0.256. The zero-order chi connectivity index (χ0) is 23.0. The Morgan fingerprint density at radius 3 is 1.82 bits per heavy atom. The van der Waals surface area contributed by atoms with E-state index in [2.05, 4.69) is 24.3 Å². The van der Waals surface area contributed by atoms with Gasteiger partial charge in [-0.3, -0.25) is 4.79 Å². The first-order valence-electron chi connectivity index (χ1n) is 10.9. The highest BCUT2D eigenvalue weighted by Crippen LogP contribution is 2.32. The molecular formula is C29H27NO3. The Kier molecular flexibility index (Phi) is 7.06. The smallest absolute Gasteiger partial charge is 0.255 e. The van der Waals surface area contributed by atoms with Gasteiger partial charge in [-0.1, -0.05) is 78.9 Å². The Morgan fingerprint density at radius 1 is 0.697 bits per heavy atom. The molecular weight excluding hydrogens is 410 g/mol. The Labute approximate surface area is 195 Å². The Hall–Kier alpha value is -4.05. The monoisotopic (exact) mass is 437 g/mol. The van der Waals surface area contributed by atoms with Crippen LogP contribution in [0.1, 0.15) is 33.1 Å². The molecule has 1 amide bonds. The second-order valence-electron chi connectivity index (χ2n) is 7.74. The normalized spacial score (nSPS) is 10.6. The topological polar surface area (TPSA) is 38.8 Å². The Bertz CT molecular complexity index is 1130. The third kappa shape index (κ3) is 5.24. The molecule has 0 spiro atoms. The van der Waals surface area contributed by atoms with Crippen molar-refractivity contribution in [1.29, 1.82) is 0 Å². The molecule has 4 aromatic carbocycles. The molecule has 4 aromatic rings. The number of amides is 1. The van der Waals surface area contributed by atoms with E-state index in [1.165, 1.54) is 0 Å². The van der Waals surface area contributed by atoms with Crippen molar-refractivity contribution >= 4 is 5.91 Å². The minimum Gasteiger partial charge on any atom is -0.497 e. The largest absolute Gasteiger partial charge is 0.497 e. The average Bonchev–Trinajstić information content (AvgIpc) is 2.89. The number of ether oxygens (including phenoxy) is 2. The van der Waals surface area contributed by atoms with Crippen molar-refractivity contribution in [2.45, 2.75) is 12.6 Å². The van der Waals surface area contributed by atoms with Crippen LogP contribution in [0.2, 0.25) is 0 Å². The summed E-state index contributed by atoms with van der Waals surface area (Å²) in [4.78, 5) is 15.9. The first-order valence-corrected chi connectivity index (χ1v) is 10.9. The van der Waals surface area contributed by atoms with Gasteiger partial charge in [0.05, 0.1) is 20.3 Å². The van der Waals surface area contributed by atoms with Crippen molar-refractivity contribution in [2.24, 2.45) is 0 Å². The van der Waals surface area contributed by atoms with E-state index < -0.39 is 0 Å². The summed E-state index contributed by atoms with van der Waals surface area (Å²) in [6, 6.07) is 35.2. The van der Waals surface area contributed by atoms with Crippen LogP contribution in [0.25, 0.3) is 0 Å². The van der Waals surface area contributed by atoms with E-state index in [0.29, 0.717) is 17.9 Å². The Morgan fingerprint density at radius 2 is 1.27 bits per heavy atom. The summed E-state index contributed by atoms with van der Waals surface area (Å²) in [5, 5.41) is 0. The van der Waals surface area contributed by atoms with Crippen LogP contribution < -0.4 is 9.47 Å². The molecule has 33 heavy (non-hydrogen) atoms. The second kappa shape index (κ2) is 10.5. The maximum absolute atomic E-state index is 14.0. The van der Waals surface area contributed by atoms with E-state index in [0.717, 1.165) is 22.4 Å². The number of benzene rings is 4. The highest BCUT2D eigenvalue weighted by atomic mass is 16.5. The Balaban J connectivity index is 1.81. The van der Waals surface area contributed by atoms with Gasteiger partial charge in [0, 0.05) is 12.1 Å². The third-order valence-corrected chi connectivity index (χ3v) is 5.63. The fraction of sp³-hybridized carbons (Fsp3) is 0.138.